The molecule has 0 saturated heterocycles. The summed E-state index contributed by atoms with van der Waals surface area (Å²) < 4.78 is 0. The minimum atomic E-state index is -1.14. The molecule has 4 aliphatic rings. The highest BCUT2D eigenvalue weighted by atomic mass is 16.3. The predicted octanol–water partition coefficient (Wildman–Crippen LogP) is 6.53. The van der Waals surface area contributed by atoms with Gasteiger partial charge in [0, 0.05) is 18.8 Å². The van der Waals surface area contributed by atoms with Crippen molar-refractivity contribution in [1.82, 2.24) is 0 Å². The molecule has 4 aliphatic carbocycles. The van der Waals surface area contributed by atoms with Crippen LogP contribution in [0.25, 0.3) is 0 Å². The fourth-order valence-corrected chi connectivity index (χ4v) is 8.78. The topological polar surface area (TPSA) is 54.4 Å². The lowest BCUT2D eigenvalue weighted by Gasteiger charge is -2.59. The standard InChI is InChI=1S/C29H46O3/c1-18(2)26(31)12-7-19(3)23-10-11-24-22-9-8-21-17-29(32,20(4)30)16-15-27(21,5)25(22)13-14-28(23,24)6/h8,18-19,22-25,32H,7,9-17H2,1-6H3/t19-,22+,23-,24+,25+,27+,28-,29+/m1/s1. The van der Waals surface area contributed by atoms with Crippen molar-refractivity contribution in [2.24, 2.45) is 46.3 Å². The number of rotatable bonds is 6. The van der Waals surface area contributed by atoms with E-state index < -0.39 is 5.60 Å². The number of Topliss-reactive ketones (excluding diaryl/α,β-unsaturated/α-hetero) is 2. The summed E-state index contributed by atoms with van der Waals surface area (Å²) in [6.45, 7) is 13.0. The van der Waals surface area contributed by atoms with E-state index in [9.17, 15) is 14.7 Å². The van der Waals surface area contributed by atoms with Gasteiger partial charge in [-0.3, -0.25) is 9.59 Å². The molecule has 4 rings (SSSR count). The Morgan fingerprint density at radius 3 is 2.44 bits per heavy atom. The second-order valence-corrected chi connectivity index (χ2v) is 12.9. The van der Waals surface area contributed by atoms with E-state index in [0.717, 1.165) is 43.4 Å². The Morgan fingerprint density at radius 2 is 1.78 bits per heavy atom. The zero-order valence-corrected chi connectivity index (χ0v) is 21.4. The molecule has 0 aromatic rings. The van der Waals surface area contributed by atoms with Crippen LogP contribution in [0, 0.1) is 46.3 Å². The third kappa shape index (κ3) is 3.75. The zero-order valence-electron chi connectivity index (χ0n) is 21.4. The first-order chi connectivity index (χ1) is 14.9. The minimum Gasteiger partial charge on any atom is -0.382 e. The van der Waals surface area contributed by atoms with E-state index in [1.54, 1.807) is 6.92 Å². The summed E-state index contributed by atoms with van der Waals surface area (Å²) >= 11 is 0. The average molecular weight is 443 g/mol. The summed E-state index contributed by atoms with van der Waals surface area (Å²) in [5, 5.41) is 10.9. The molecular formula is C29H46O3. The van der Waals surface area contributed by atoms with Crippen molar-refractivity contribution in [3.8, 4) is 0 Å². The van der Waals surface area contributed by atoms with Crippen LogP contribution in [-0.2, 0) is 9.59 Å². The summed E-state index contributed by atoms with van der Waals surface area (Å²) in [5.41, 5.74) is 0.779. The Balaban J connectivity index is 1.51. The van der Waals surface area contributed by atoms with Crippen LogP contribution < -0.4 is 0 Å². The molecule has 0 aromatic carbocycles. The Hall–Kier alpha value is -0.960. The highest BCUT2D eigenvalue weighted by Crippen LogP contribution is 2.67. The molecule has 0 amide bonds. The lowest BCUT2D eigenvalue weighted by molar-refractivity contribution is -0.140. The number of hydrogen-bond acceptors (Lipinski definition) is 3. The molecule has 3 nitrogen and oxygen atoms in total. The normalized spacial score (nSPS) is 44.3. The smallest absolute Gasteiger partial charge is 0.161 e. The van der Waals surface area contributed by atoms with Gasteiger partial charge in [0.25, 0.3) is 0 Å². The molecular weight excluding hydrogens is 396 g/mol. The highest BCUT2D eigenvalue weighted by Gasteiger charge is 2.60. The van der Waals surface area contributed by atoms with Crippen LogP contribution >= 0.6 is 0 Å². The number of carbonyl (C=O) groups is 2. The van der Waals surface area contributed by atoms with Gasteiger partial charge in [-0.2, -0.15) is 0 Å². The van der Waals surface area contributed by atoms with E-state index in [-0.39, 0.29) is 17.1 Å². The highest BCUT2D eigenvalue weighted by molar-refractivity contribution is 5.85. The van der Waals surface area contributed by atoms with Gasteiger partial charge in [0.15, 0.2) is 5.78 Å². The summed E-state index contributed by atoms with van der Waals surface area (Å²) in [5.74, 6) is 4.07. The molecule has 3 saturated carbocycles. The second-order valence-electron chi connectivity index (χ2n) is 12.9. The first-order valence-electron chi connectivity index (χ1n) is 13.4. The summed E-state index contributed by atoms with van der Waals surface area (Å²) in [6.07, 6.45) is 12.7. The van der Waals surface area contributed by atoms with Crippen molar-refractivity contribution in [2.75, 3.05) is 0 Å². The van der Waals surface area contributed by atoms with Crippen LogP contribution in [0.3, 0.4) is 0 Å². The van der Waals surface area contributed by atoms with Crippen LogP contribution in [-0.4, -0.2) is 22.3 Å². The van der Waals surface area contributed by atoms with Crippen LogP contribution in [0.2, 0.25) is 0 Å². The number of hydrogen-bond donors (Lipinski definition) is 1. The monoisotopic (exact) mass is 442 g/mol. The van der Waals surface area contributed by atoms with Gasteiger partial charge < -0.3 is 5.11 Å². The van der Waals surface area contributed by atoms with E-state index >= 15 is 0 Å². The third-order valence-corrected chi connectivity index (χ3v) is 11.1. The van der Waals surface area contributed by atoms with Gasteiger partial charge >= 0.3 is 0 Å². The SMILES string of the molecule is CC(=O)[C@]1(O)CC[C@@]2(C)C(=CC[C@H]3[C@@H]4CC[C@H]([C@H](C)CCC(=O)C(C)C)[C@@]4(C)CC[C@@H]32)C1. The van der Waals surface area contributed by atoms with E-state index in [0.29, 0.717) is 35.9 Å². The average Bonchev–Trinajstić information content (AvgIpc) is 3.09. The van der Waals surface area contributed by atoms with Crippen LogP contribution in [0.5, 0.6) is 0 Å². The van der Waals surface area contributed by atoms with Gasteiger partial charge in [-0.1, -0.05) is 46.3 Å². The van der Waals surface area contributed by atoms with Crippen molar-refractivity contribution in [3.63, 3.8) is 0 Å². The summed E-state index contributed by atoms with van der Waals surface area (Å²) in [4.78, 5) is 24.3. The van der Waals surface area contributed by atoms with Crippen molar-refractivity contribution in [3.05, 3.63) is 11.6 Å². The predicted molar refractivity (Wildman–Crippen MR) is 129 cm³/mol. The lowest BCUT2D eigenvalue weighted by atomic mass is 9.46. The molecule has 0 bridgehead atoms. The van der Waals surface area contributed by atoms with E-state index in [2.05, 4.69) is 26.8 Å². The molecule has 0 spiro atoms. The quantitative estimate of drug-likeness (QED) is 0.476. The van der Waals surface area contributed by atoms with Crippen LogP contribution in [0.1, 0.15) is 106 Å². The molecule has 8 atom stereocenters. The van der Waals surface area contributed by atoms with Gasteiger partial charge in [-0.15, -0.1) is 0 Å². The maximum atomic E-state index is 12.2. The molecule has 0 aliphatic heterocycles. The Labute approximate surface area is 195 Å². The molecule has 32 heavy (non-hydrogen) atoms. The molecule has 0 radical (unpaired) electrons. The molecule has 0 heterocycles. The number of allylic oxidation sites excluding steroid dienone is 1. The molecule has 180 valence electrons. The summed E-state index contributed by atoms with van der Waals surface area (Å²) in [6, 6.07) is 0. The van der Waals surface area contributed by atoms with E-state index in [1.165, 1.54) is 31.3 Å². The third-order valence-electron chi connectivity index (χ3n) is 11.1. The van der Waals surface area contributed by atoms with Crippen molar-refractivity contribution in [2.45, 2.75) is 111 Å². The molecule has 0 unspecified atom stereocenters. The maximum Gasteiger partial charge on any atom is 0.161 e. The Morgan fingerprint density at radius 1 is 1.06 bits per heavy atom. The number of carbonyl (C=O) groups excluding carboxylic acids is 2. The fraction of sp³-hybridized carbons (Fsp3) is 0.862. The zero-order chi connectivity index (χ0) is 23.5. The van der Waals surface area contributed by atoms with Crippen molar-refractivity contribution in [1.29, 1.82) is 0 Å². The van der Waals surface area contributed by atoms with Crippen molar-refractivity contribution >= 4 is 11.6 Å². The molecule has 0 aromatic heterocycles. The number of aliphatic hydroxyl groups is 1. The lowest BCUT2D eigenvalue weighted by Crippen LogP contribution is -2.53. The summed E-state index contributed by atoms with van der Waals surface area (Å²) in [7, 11) is 0. The first kappa shape index (κ1) is 24.2. The van der Waals surface area contributed by atoms with Gasteiger partial charge in [-0.25, -0.2) is 0 Å². The van der Waals surface area contributed by atoms with Gasteiger partial charge in [0.2, 0.25) is 0 Å². The van der Waals surface area contributed by atoms with Crippen LogP contribution in [0.4, 0.5) is 0 Å². The first-order valence-corrected chi connectivity index (χ1v) is 13.4. The Bertz CT molecular complexity index is 796. The number of fused-ring (bicyclic) bond motifs is 5. The molecule has 1 N–H and O–H groups in total. The van der Waals surface area contributed by atoms with Gasteiger partial charge in [-0.05, 0) is 98.7 Å². The Kier molecular flexibility index (Phi) is 6.32. The van der Waals surface area contributed by atoms with Gasteiger partial charge in [0.05, 0.1) is 0 Å². The number of ketones is 2. The molecule has 3 heteroatoms. The van der Waals surface area contributed by atoms with Gasteiger partial charge in [0.1, 0.15) is 11.4 Å². The van der Waals surface area contributed by atoms with Crippen LogP contribution in [0.15, 0.2) is 11.6 Å². The molecule has 3 fully saturated rings. The fourth-order valence-electron chi connectivity index (χ4n) is 8.78. The van der Waals surface area contributed by atoms with Crippen molar-refractivity contribution < 1.29 is 14.7 Å². The second kappa shape index (κ2) is 8.36. The largest absolute Gasteiger partial charge is 0.382 e. The minimum absolute atomic E-state index is 0.0673. The van der Waals surface area contributed by atoms with E-state index in [4.69, 9.17) is 0 Å². The van der Waals surface area contributed by atoms with E-state index in [1.807, 2.05) is 13.8 Å². The maximum absolute atomic E-state index is 12.2.